The summed E-state index contributed by atoms with van der Waals surface area (Å²) in [6, 6.07) is 0. The maximum Gasteiger partial charge on any atom is 0.113 e. The predicted octanol–water partition coefficient (Wildman–Crippen LogP) is 3.47. The Labute approximate surface area is 97.1 Å². The summed E-state index contributed by atoms with van der Waals surface area (Å²) < 4.78 is 0. The standard InChI is InChI=1S/C12H22N2S/c1-5-7-12(13-4,8-6-2)11-14-10(3)9-15-11/h9,13H,5-8H2,1-4H3. The molecule has 0 bridgehead atoms. The summed E-state index contributed by atoms with van der Waals surface area (Å²) in [4.78, 5) is 4.65. The fourth-order valence-corrected chi connectivity index (χ4v) is 3.19. The van der Waals surface area contributed by atoms with Crippen LogP contribution >= 0.6 is 11.3 Å². The maximum atomic E-state index is 4.65. The zero-order chi connectivity index (χ0) is 11.3. The molecule has 1 rings (SSSR count). The zero-order valence-corrected chi connectivity index (χ0v) is 11.1. The molecule has 3 heteroatoms. The van der Waals surface area contributed by atoms with Crippen molar-refractivity contribution in [2.75, 3.05) is 7.05 Å². The van der Waals surface area contributed by atoms with E-state index >= 15 is 0 Å². The molecule has 1 heterocycles. The zero-order valence-electron chi connectivity index (χ0n) is 10.3. The van der Waals surface area contributed by atoms with Crippen LogP contribution in [0.1, 0.15) is 50.2 Å². The SMILES string of the molecule is CCCC(CCC)(NC)c1nc(C)cs1. The molecule has 0 aliphatic rings. The van der Waals surface area contributed by atoms with Crippen LogP contribution in [0, 0.1) is 6.92 Å². The number of nitrogens with one attached hydrogen (secondary N) is 1. The lowest BCUT2D eigenvalue weighted by atomic mass is 9.89. The van der Waals surface area contributed by atoms with Crippen molar-refractivity contribution < 1.29 is 0 Å². The predicted molar refractivity (Wildman–Crippen MR) is 67.4 cm³/mol. The van der Waals surface area contributed by atoms with Gasteiger partial charge in [-0.1, -0.05) is 26.7 Å². The van der Waals surface area contributed by atoms with E-state index < -0.39 is 0 Å². The molecule has 0 unspecified atom stereocenters. The average molecular weight is 226 g/mol. The van der Waals surface area contributed by atoms with Crippen LogP contribution in [0.4, 0.5) is 0 Å². The molecule has 2 nitrogen and oxygen atoms in total. The highest BCUT2D eigenvalue weighted by molar-refractivity contribution is 7.09. The fourth-order valence-electron chi connectivity index (χ4n) is 2.12. The largest absolute Gasteiger partial charge is 0.308 e. The number of rotatable bonds is 6. The highest BCUT2D eigenvalue weighted by atomic mass is 32.1. The van der Waals surface area contributed by atoms with Crippen molar-refractivity contribution in [2.24, 2.45) is 0 Å². The van der Waals surface area contributed by atoms with Gasteiger partial charge in [0.2, 0.25) is 0 Å². The Balaban J connectivity index is 2.96. The Hall–Kier alpha value is -0.410. The Morgan fingerprint density at radius 2 is 1.93 bits per heavy atom. The van der Waals surface area contributed by atoms with Crippen molar-refractivity contribution in [3.8, 4) is 0 Å². The van der Waals surface area contributed by atoms with Crippen molar-refractivity contribution >= 4 is 11.3 Å². The summed E-state index contributed by atoms with van der Waals surface area (Å²) in [5.74, 6) is 0. The van der Waals surface area contributed by atoms with Gasteiger partial charge in [-0.3, -0.25) is 0 Å². The van der Waals surface area contributed by atoms with E-state index in [-0.39, 0.29) is 5.54 Å². The topological polar surface area (TPSA) is 24.9 Å². The van der Waals surface area contributed by atoms with Crippen molar-refractivity contribution in [3.63, 3.8) is 0 Å². The molecular weight excluding hydrogens is 204 g/mol. The highest BCUT2D eigenvalue weighted by Crippen LogP contribution is 2.33. The third-order valence-corrected chi connectivity index (χ3v) is 4.02. The second kappa shape index (κ2) is 5.61. The molecule has 1 aromatic rings. The van der Waals surface area contributed by atoms with Crippen LogP contribution in [0.3, 0.4) is 0 Å². The molecule has 0 spiro atoms. The summed E-state index contributed by atoms with van der Waals surface area (Å²) in [5, 5.41) is 6.90. The van der Waals surface area contributed by atoms with Gasteiger partial charge in [-0.2, -0.15) is 0 Å². The first-order valence-electron chi connectivity index (χ1n) is 5.80. The van der Waals surface area contributed by atoms with Crippen molar-refractivity contribution in [2.45, 2.75) is 52.0 Å². The van der Waals surface area contributed by atoms with E-state index in [0.29, 0.717) is 0 Å². The molecular formula is C12H22N2S. The van der Waals surface area contributed by atoms with Gasteiger partial charge in [0, 0.05) is 11.1 Å². The summed E-state index contributed by atoms with van der Waals surface area (Å²) in [7, 11) is 2.06. The normalized spacial score (nSPS) is 12.0. The quantitative estimate of drug-likeness (QED) is 0.803. The van der Waals surface area contributed by atoms with Crippen LogP contribution < -0.4 is 5.32 Å². The van der Waals surface area contributed by atoms with E-state index in [1.165, 1.54) is 30.7 Å². The molecule has 0 aliphatic carbocycles. The molecule has 0 atom stereocenters. The lowest BCUT2D eigenvalue weighted by molar-refractivity contribution is 0.300. The number of aromatic nitrogens is 1. The third-order valence-electron chi connectivity index (χ3n) is 2.86. The minimum absolute atomic E-state index is 0.114. The van der Waals surface area contributed by atoms with Crippen LogP contribution in [0.5, 0.6) is 0 Å². The number of hydrogen-bond acceptors (Lipinski definition) is 3. The van der Waals surface area contributed by atoms with E-state index in [1.54, 1.807) is 11.3 Å². The molecule has 1 N–H and O–H groups in total. The van der Waals surface area contributed by atoms with Crippen LogP contribution in [0.15, 0.2) is 5.38 Å². The monoisotopic (exact) mass is 226 g/mol. The molecule has 0 saturated heterocycles. The number of aryl methyl sites for hydroxylation is 1. The first kappa shape index (κ1) is 12.7. The van der Waals surface area contributed by atoms with Crippen molar-refractivity contribution in [1.82, 2.24) is 10.3 Å². The molecule has 15 heavy (non-hydrogen) atoms. The summed E-state index contributed by atoms with van der Waals surface area (Å²) in [5.41, 5.74) is 1.25. The Kier molecular flexibility index (Phi) is 4.74. The minimum atomic E-state index is 0.114. The lowest BCUT2D eigenvalue weighted by Crippen LogP contribution is -2.39. The fraction of sp³-hybridized carbons (Fsp3) is 0.750. The van der Waals surface area contributed by atoms with Crippen LogP contribution in [0.25, 0.3) is 0 Å². The number of thiazole rings is 1. The molecule has 1 aromatic heterocycles. The van der Waals surface area contributed by atoms with Gasteiger partial charge < -0.3 is 5.32 Å². The number of nitrogens with zero attached hydrogens (tertiary/aromatic N) is 1. The third kappa shape index (κ3) is 2.79. The Morgan fingerprint density at radius 1 is 1.33 bits per heavy atom. The van der Waals surface area contributed by atoms with E-state index in [4.69, 9.17) is 0 Å². The van der Waals surface area contributed by atoms with Gasteiger partial charge >= 0.3 is 0 Å². The highest BCUT2D eigenvalue weighted by Gasteiger charge is 2.31. The molecule has 0 saturated carbocycles. The smallest absolute Gasteiger partial charge is 0.113 e. The van der Waals surface area contributed by atoms with Gasteiger partial charge in [0.1, 0.15) is 5.01 Å². The van der Waals surface area contributed by atoms with Gasteiger partial charge in [0.25, 0.3) is 0 Å². The molecule has 0 fully saturated rings. The lowest BCUT2D eigenvalue weighted by Gasteiger charge is -2.31. The molecule has 0 aliphatic heterocycles. The molecule has 0 aromatic carbocycles. The number of hydrogen-bond donors (Lipinski definition) is 1. The van der Waals surface area contributed by atoms with Gasteiger partial charge in [-0.25, -0.2) is 4.98 Å². The summed E-state index contributed by atoms with van der Waals surface area (Å²) in [6.45, 7) is 6.54. The van der Waals surface area contributed by atoms with E-state index in [2.05, 4.69) is 43.5 Å². The van der Waals surface area contributed by atoms with Gasteiger partial charge in [0.05, 0.1) is 5.54 Å². The molecule has 0 amide bonds. The summed E-state index contributed by atoms with van der Waals surface area (Å²) >= 11 is 1.79. The first-order chi connectivity index (χ1) is 7.18. The van der Waals surface area contributed by atoms with Crippen molar-refractivity contribution in [1.29, 1.82) is 0 Å². The van der Waals surface area contributed by atoms with Crippen LogP contribution in [-0.4, -0.2) is 12.0 Å². The van der Waals surface area contributed by atoms with Gasteiger partial charge in [-0.05, 0) is 26.8 Å². The van der Waals surface area contributed by atoms with Gasteiger partial charge in [-0.15, -0.1) is 11.3 Å². The first-order valence-corrected chi connectivity index (χ1v) is 6.68. The average Bonchev–Trinajstić information content (AvgIpc) is 2.65. The van der Waals surface area contributed by atoms with E-state index in [9.17, 15) is 0 Å². The maximum absolute atomic E-state index is 4.65. The van der Waals surface area contributed by atoms with Crippen LogP contribution in [-0.2, 0) is 5.54 Å². The Bertz CT molecular complexity index is 288. The van der Waals surface area contributed by atoms with E-state index in [1.807, 2.05) is 0 Å². The van der Waals surface area contributed by atoms with Gasteiger partial charge in [0.15, 0.2) is 0 Å². The molecule has 0 radical (unpaired) electrons. The summed E-state index contributed by atoms with van der Waals surface area (Å²) in [6.07, 6.45) is 4.73. The molecule has 86 valence electrons. The minimum Gasteiger partial charge on any atom is -0.308 e. The second-order valence-electron chi connectivity index (χ2n) is 4.13. The second-order valence-corrected chi connectivity index (χ2v) is 4.98. The van der Waals surface area contributed by atoms with E-state index in [0.717, 1.165) is 5.69 Å². The Morgan fingerprint density at radius 3 is 2.27 bits per heavy atom. The van der Waals surface area contributed by atoms with Crippen LogP contribution in [0.2, 0.25) is 0 Å². The van der Waals surface area contributed by atoms with Crippen molar-refractivity contribution in [3.05, 3.63) is 16.1 Å².